The van der Waals surface area contributed by atoms with Gasteiger partial charge in [-0.05, 0) is 141 Å². The van der Waals surface area contributed by atoms with Gasteiger partial charge in [0.25, 0.3) is 0 Å². The van der Waals surface area contributed by atoms with E-state index in [0.717, 1.165) is 57.6 Å². The van der Waals surface area contributed by atoms with Gasteiger partial charge in [-0.2, -0.15) is 0 Å². The zero-order chi connectivity index (χ0) is 35.4. The zero-order valence-electron chi connectivity index (χ0n) is 30.3. The molecule has 4 saturated carbocycles. The fourth-order valence-corrected chi connectivity index (χ4v) is 11.8. The number of hydrogen-bond acceptors (Lipinski definition) is 2. The molecule has 2 nitrogen and oxygen atoms in total. The summed E-state index contributed by atoms with van der Waals surface area (Å²) in [5.74, 6) is 4.06. The number of fused-ring (bicyclic) bond motifs is 5. The average Bonchev–Trinajstić information content (AvgIpc) is 3.51. The van der Waals surface area contributed by atoms with Crippen molar-refractivity contribution in [1.29, 1.82) is 0 Å². The van der Waals surface area contributed by atoms with E-state index in [-0.39, 0.29) is 5.41 Å². The van der Waals surface area contributed by atoms with Crippen LogP contribution in [-0.4, -0.2) is 9.97 Å². The van der Waals surface area contributed by atoms with Crippen LogP contribution in [0.25, 0.3) is 77.7 Å². The first kappa shape index (κ1) is 30.6. The van der Waals surface area contributed by atoms with Crippen molar-refractivity contribution in [1.82, 2.24) is 9.97 Å². The average molecular weight is 693 g/mol. The molecule has 54 heavy (non-hydrogen) atoms. The summed E-state index contributed by atoms with van der Waals surface area (Å²) >= 11 is 0. The molecule has 0 aliphatic heterocycles. The van der Waals surface area contributed by atoms with Crippen LogP contribution in [-0.2, 0) is 5.41 Å². The molecule has 0 atom stereocenters. The van der Waals surface area contributed by atoms with Crippen molar-refractivity contribution >= 4 is 21.5 Å². The molecule has 0 unspecified atom stereocenters. The Morgan fingerprint density at radius 3 is 1.72 bits per heavy atom. The Kier molecular flexibility index (Phi) is 6.55. The second kappa shape index (κ2) is 11.6. The summed E-state index contributed by atoms with van der Waals surface area (Å²) in [6.45, 7) is 0. The van der Waals surface area contributed by atoms with E-state index >= 15 is 0 Å². The largest absolute Gasteiger partial charge is 0.228 e. The van der Waals surface area contributed by atoms with Gasteiger partial charge in [-0.15, -0.1) is 0 Å². The van der Waals surface area contributed by atoms with Crippen LogP contribution >= 0.6 is 0 Å². The summed E-state index contributed by atoms with van der Waals surface area (Å²) in [5.41, 5.74) is 14.0. The lowest BCUT2D eigenvalue weighted by atomic mass is 9.43. The molecular formula is C52H40N2. The zero-order valence-corrected chi connectivity index (χ0v) is 30.3. The third-order valence-electron chi connectivity index (χ3n) is 13.8. The maximum absolute atomic E-state index is 5.16. The van der Waals surface area contributed by atoms with Crippen molar-refractivity contribution in [2.75, 3.05) is 0 Å². The SMILES string of the molecule is c1ccc(-c2cc(-c3ccc4ccc(-c5cccc6c5-c5cc7ccccc7cc5C65C6CC7CC(C6)CC5C7)cc4c3)nc(-c3ccccc3)n2)cc1. The van der Waals surface area contributed by atoms with Gasteiger partial charge >= 0.3 is 0 Å². The smallest absolute Gasteiger partial charge is 0.160 e. The van der Waals surface area contributed by atoms with Gasteiger partial charge in [-0.1, -0.05) is 127 Å². The second-order valence-electron chi connectivity index (χ2n) is 16.6. The molecule has 0 radical (unpaired) electrons. The molecule has 5 aliphatic rings. The summed E-state index contributed by atoms with van der Waals surface area (Å²) in [7, 11) is 0. The minimum absolute atomic E-state index is 0.127. The summed E-state index contributed by atoms with van der Waals surface area (Å²) in [6.07, 6.45) is 7.03. The number of rotatable bonds is 4. The number of hydrogen-bond donors (Lipinski definition) is 0. The molecule has 13 rings (SSSR count). The molecule has 1 spiro atoms. The lowest BCUT2D eigenvalue weighted by Crippen LogP contribution is -2.55. The molecule has 7 aromatic carbocycles. The minimum atomic E-state index is 0.127. The Morgan fingerprint density at radius 2 is 1.00 bits per heavy atom. The minimum Gasteiger partial charge on any atom is -0.228 e. The number of aromatic nitrogens is 2. The maximum atomic E-state index is 5.16. The third-order valence-corrected chi connectivity index (χ3v) is 13.8. The lowest BCUT2D eigenvalue weighted by Gasteiger charge is -2.61. The molecule has 8 aromatic rings. The van der Waals surface area contributed by atoms with Crippen LogP contribution < -0.4 is 0 Å². The van der Waals surface area contributed by atoms with E-state index in [4.69, 9.17) is 9.97 Å². The van der Waals surface area contributed by atoms with Crippen molar-refractivity contribution in [3.05, 3.63) is 169 Å². The van der Waals surface area contributed by atoms with Crippen LogP contribution in [0.1, 0.15) is 43.2 Å². The molecule has 5 aliphatic carbocycles. The van der Waals surface area contributed by atoms with Gasteiger partial charge in [0.1, 0.15) is 0 Å². The van der Waals surface area contributed by atoms with E-state index in [1.165, 1.54) is 75.9 Å². The molecule has 2 heteroatoms. The fraction of sp³-hybridized carbons (Fsp3) is 0.192. The van der Waals surface area contributed by atoms with Gasteiger partial charge in [0, 0.05) is 22.1 Å². The van der Waals surface area contributed by atoms with Gasteiger partial charge in [-0.3, -0.25) is 0 Å². The van der Waals surface area contributed by atoms with Gasteiger partial charge in [0.2, 0.25) is 0 Å². The Bertz CT molecular complexity index is 2700. The molecule has 4 bridgehead atoms. The predicted molar refractivity (Wildman–Crippen MR) is 222 cm³/mol. The molecule has 0 saturated heterocycles. The fourth-order valence-electron chi connectivity index (χ4n) is 11.8. The second-order valence-corrected chi connectivity index (χ2v) is 16.6. The van der Waals surface area contributed by atoms with Crippen molar-refractivity contribution in [2.45, 2.75) is 37.5 Å². The van der Waals surface area contributed by atoms with E-state index in [2.05, 4.69) is 152 Å². The topological polar surface area (TPSA) is 25.8 Å². The third kappa shape index (κ3) is 4.46. The molecule has 4 fully saturated rings. The van der Waals surface area contributed by atoms with Crippen molar-refractivity contribution in [2.24, 2.45) is 23.7 Å². The molecule has 258 valence electrons. The Hall–Kier alpha value is -5.86. The Morgan fingerprint density at radius 1 is 0.389 bits per heavy atom. The first-order valence-corrected chi connectivity index (χ1v) is 19.9. The Labute approximate surface area is 316 Å². The summed E-state index contributed by atoms with van der Waals surface area (Å²) in [5, 5.41) is 5.19. The van der Waals surface area contributed by atoms with Crippen molar-refractivity contribution < 1.29 is 0 Å². The van der Waals surface area contributed by atoms with Crippen molar-refractivity contribution in [3.8, 4) is 56.2 Å². The first-order chi connectivity index (χ1) is 26.7. The normalized spacial score (nSPS) is 23.3. The van der Waals surface area contributed by atoms with Gasteiger partial charge in [-0.25, -0.2) is 9.97 Å². The van der Waals surface area contributed by atoms with E-state index in [1.807, 2.05) is 6.07 Å². The first-order valence-electron chi connectivity index (χ1n) is 19.9. The van der Waals surface area contributed by atoms with Crippen LogP contribution in [0.4, 0.5) is 0 Å². The van der Waals surface area contributed by atoms with Gasteiger partial charge in [0.05, 0.1) is 11.4 Å². The highest BCUT2D eigenvalue weighted by atomic mass is 14.9. The van der Waals surface area contributed by atoms with Crippen LogP contribution in [0, 0.1) is 23.7 Å². The van der Waals surface area contributed by atoms with Crippen LogP contribution in [0.5, 0.6) is 0 Å². The van der Waals surface area contributed by atoms with Gasteiger partial charge < -0.3 is 0 Å². The van der Waals surface area contributed by atoms with E-state index < -0.39 is 0 Å². The van der Waals surface area contributed by atoms with Crippen molar-refractivity contribution in [3.63, 3.8) is 0 Å². The molecule has 1 aromatic heterocycles. The highest BCUT2D eigenvalue weighted by molar-refractivity contribution is 6.00. The quantitative estimate of drug-likeness (QED) is 0.183. The highest BCUT2D eigenvalue weighted by Gasteiger charge is 2.61. The highest BCUT2D eigenvalue weighted by Crippen LogP contribution is 2.70. The van der Waals surface area contributed by atoms with E-state index in [9.17, 15) is 0 Å². The van der Waals surface area contributed by atoms with Gasteiger partial charge in [0.15, 0.2) is 5.82 Å². The summed E-state index contributed by atoms with van der Waals surface area (Å²) in [6, 6.07) is 58.3. The number of nitrogens with zero attached hydrogens (tertiary/aromatic N) is 2. The molecule has 1 heterocycles. The molecular weight excluding hydrogens is 653 g/mol. The molecule has 0 amide bonds. The number of benzene rings is 7. The standard InChI is InChI=1S/C52H40N2/c1-3-10-35(11-4-1)48-31-49(54-51(53-48)36-12-5-2-6-13-36)40-21-19-34-18-20-39(27-41(34)28-40)44-16-9-17-46-50(44)45-29-37-14-7-8-15-38(37)30-47(45)52(46)42-23-32-22-33(25-42)26-43(52)24-32/h1-21,27-33,42-43H,22-26H2. The monoisotopic (exact) mass is 692 g/mol. The van der Waals surface area contributed by atoms with E-state index in [0.29, 0.717) is 0 Å². The predicted octanol–water partition coefficient (Wildman–Crippen LogP) is 13.2. The van der Waals surface area contributed by atoms with Crippen LogP contribution in [0.3, 0.4) is 0 Å². The summed E-state index contributed by atoms with van der Waals surface area (Å²) in [4.78, 5) is 10.2. The van der Waals surface area contributed by atoms with E-state index in [1.54, 1.807) is 11.1 Å². The maximum Gasteiger partial charge on any atom is 0.160 e. The van der Waals surface area contributed by atoms with Crippen LogP contribution in [0.2, 0.25) is 0 Å². The molecule has 0 N–H and O–H groups in total. The van der Waals surface area contributed by atoms with Crippen LogP contribution in [0.15, 0.2) is 158 Å². The summed E-state index contributed by atoms with van der Waals surface area (Å²) < 4.78 is 0. The Balaban J connectivity index is 1.03. The lowest BCUT2D eigenvalue weighted by molar-refractivity contribution is -0.0398.